The van der Waals surface area contributed by atoms with Gasteiger partial charge >= 0.3 is 0 Å². The predicted octanol–water partition coefficient (Wildman–Crippen LogP) is 3.74. The van der Waals surface area contributed by atoms with E-state index in [1.807, 2.05) is 36.4 Å². The quantitative estimate of drug-likeness (QED) is 0.493. The summed E-state index contributed by atoms with van der Waals surface area (Å²) in [6, 6.07) is 13.8. The van der Waals surface area contributed by atoms with E-state index in [0.29, 0.717) is 11.7 Å². The Balaban J connectivity index is 1.55. The van der Waals surface area contributed by atoms with Gasteiger partial charge in [-0.05, 0) is 30.7 Å². The molecule has 0 aliphatic carbocycles. The molecular weight excluding hydrogens is 348 g/mol. The topological polar surface area (TPSA) is 49.8 Å². The number of guanidine groups is 1. The summed E-state index contributed by atoms with van der Waals surface area (Å²) in [5.74, 6) is 1.89. The molecule has 1 aromatic heterocycles. The number of aromatic nitrogens is 1. The molecule has 0 radical (unpaired) electrons. The Bertz CT molecular complexity index is 698. The lowest BCUT2D eigenvalue weighted by atomic mass is 10.1. The first-order chi connectivity index (χ1) is 12.7. The van der Waals surface area contributed by atoms with Crippen molar-refractivity contribution in [3.8, 4) is 5.75 Å². The van der Waals surface area contributed by atoms with E-state index < -0.39 is 0 Å². The van der Waals surface area contributed by atoms with Crippen LogP contribution >= 0.6 is 11.6 Å². The summed E-state index contributed by atoms with van der Waals surface area (Å²) in [7, 11) is 0. The Labute approximate surface area is 160 Å². The summed E-state index contributed by atoms with van der Waals surface area (Å²) in [5, 5.41) is 3.89. The van der Waals surface area contributed by atoms with Crippen molar-refractivity contribution in [2.75, 3.05) is 19.6 Å². The fourth-order valence-electron chi connectivity index (χ4n) is 2.97. The van der Waals surface area contributed by atoms with Gasteiger partial charge in [-0.3, -0.25) is 0 Å². The van der Waals surface area contributed by atoms with E-state index in [1.54, 1.807) is 12.3 Å². The van der Waals surface area contributed by atoms with Gasteiger partial charge in [-0.1, -0.05) is 35.9 Å². The van der Waals surface area contributed by atoms with Crippen molar-refractivity contribution in [2.45, 2.75) is 32.4 Å². The van der Waals surface area contributed by atoms with Crippen molar-refractivity contribution < 1.29 is 4.74 Å². The minimum absolute atomic E-state index is 0.261. The molecule has 1 aromatic carbocycles. The second-order valence-electron chi connectivity index (χ2n) is 6.28. The van der Waals surface area contributed by atoms with Crippen molar-refractivity contribution in [3.05, 3.63) is 59.4 Å². The van der Waals surface area contributed by atoms with Gasteiger partial charge in [0.1, 0.15) is 17.0 Å². The molecule has 1 N–H and O–H groups in total. The Morgan fingerprint density at radius 3 is 2.65 bits per heavy atom. The molecular formula is C20H25ClN4O. The van der Waals surface area contributed by atoms with Gasteiger partial charge in [0.15, 0.2) is 5.96 Å². The largest absolute Gasteiger partial charge is 0.490 e. The van der Waals surface area contributed by atoms with E-state index >= 15 is 0 Å². The molecule has 1 aliphatic rings. The van der Waals surface area contributed by atoms with Gasteiger partial charge in [0.2, 0.25) is 0 Å². The minimum atomic E-state index is 0.261. The van der Waals surface area contributed by atoms with Crippen LogP contribution in [0, 0.1) is 0 Å². The zero-order chi connectivity index (χ0) is 18.2. The molecule has 0 amide bonds. The van der Waals surface area contributed by atoms with Gasteiger partial charge in [0.05, 0.1) is 6.54 Å². The molecule has 5 nitrogen and oxygen atoms in total. The normalized spacial score (nSPS) is 15.8. The molecule has 0 bridgehead atoms. The fraction of sp³-hybridized carbons (Fsp3) is 0.400. The maximum atomic E-state index is 6.08. The first-order valence-electron chi connectivity index (χ1n) is 9.10. The van der Waals surface area contributed by atoms with Gasteiger partial charge in [0, 0.05) is 38.7 Å². The summed E-state index contributed by atoms with van der Waals surface area (Å²) in [6.07, 6.45) is 4.01. The Hall–Kier alpha value is -2.27. The lowest BCUT2D eigenvalue weighted by molar-refractivity contribution is 0.129. The maximum absolute atomic E-state index is 6.08. The predicted molar refractivity (Wildman–Crippen MR) is 106 cm³/mol. The number of pyridine rings is 1. The van der Waals surface area contributed by atoms with Gasteiger partial charge in [-0.15, -0.1) is 0 Å². The molecule has 0 atom stereocenters. The SMILES string of the molecule is CCNC(=NCc1ccc(Cl)nc1)N1CCC(Oc2ccccc2)CC1. The van der Waals surface area contributed by atoms with Crippen LogP contribution in [0.15, 0.2) is 53.7 Å². The smallest absolute Gasteiger partial charge is 0.194 e. The number of aliphatic imine (C=N–C) groups is 1. The third-order valence-corrected chi connectivity index (χ3v) is 4.55. The van der Waals surface area contributed by atoms with Crippen LogP contribution in [-0.4, -0.2) is 41.6 Å². The van der Waals surface area contributed by atoms with Crippen molar-refractivity contribution in [2.24, 2.45) is 4.99 Å². The van der Waals surface area contributed by atoms with Crippen LogP contribution in [0.2, 0.25) is 5.15 Å². The second kappa shape index (κ2) is 9.43. The maximum Gasteiger partial charge on any atom is 0.194 e. The van der Waals surface area contributed by atoms with E-state index in [1.165, 1.54) is 0 Å². The molecule has 0 saturated carbocycles. The Morgan fingerprint density at radius 1 is 1.23 bits per heavy atom. The number of likely N-dealkylation sites (tertiary alicyclic amines) is 1. The number of halogens is 1. The lowest BCUT2D eigenvalue weighted by Gasteiger charge is -2.34. The van der Waals surface area contributed by atoms with Crippen molar-refractivity contribution >= 4 is 17.6 Å². The molecule has 0 spiro atoms. The van der Waals surface area contributed by atoms with E-state index in [2.05, 4.69) is 22.1 Å². The van der Waals surface area contributed by atoms with Crippen molar-refractivity contribution in [1.82, 2.24) is 15.2 Å². The van der Waals surface area contributed by atoms with Crippen LogP contribution in [0.3, 0.4) is 0 Å². The third-order valence-electron chi connectivity index (χ3n) is 4.32. The molecule has 138 valence electrons. The highest BCUT2D eigenvalue weighted by Gasteiger charge is 2.22. The monoisotopic (exact) mass is 372 g/mol. The highest BCUT2D eigenvalue weighted by atomic mass is 35.5. The highest BCUT2D eigenvalue weighted by molar-refractivity contribution is 6.29. The molecule has 0 unspecified atom stereocenters. The standard InChI is InChI=1S/C20H25ClN4O/c1-2-22-20(24-15-16-8-9-19(21)23-14-16)25-12-10-18(11-13-25)26-17-6-4-3-5-7-17/h3-9,14,18H,2,10-13,15H2,1H3,(H,22,24). The molecule has 1 fully saturated rings. The molecule has 6 heteroatoms. The molecule has 1 aliphatic heterocycles. The van der Waals surface area contributed by atoms with Crippen LogP contribution in [0.4, 0.5) is 0 Å². The summed E-state index contributed by atoms with van der Waals surface area (Å²) < 4.78 is 6.08. The summed E-state index contributed by atoms with van der Waals surface area (Å²) >= 11 is 5.84. The van der Waals surface area contributed by atoms with E-state index in [0.717, 1.165) is 49.7 Å². The zero-order valence-corrected chi connectivity index (χ0v) is 15.8. The molecule has 2 aromatic rings. The number of hydrogen-bond acceptors (Lipinski definition) is 3. The minimum Gasteiger partial charge on any atom is -0.490 e. The average Bonchev–Trinajstić information content (AvgIpc) is 2.68. The molecule has 26 heavy (non-hydrogen) atoms. The number of benzene rings is 1. The van der Waals surface area contributed by atoms with E-state index in [9.17, 15) is 0 Å². The van der Waals surface area contributed by atoms with Crippen LogP contribution < -0.4 is 10.1 Å². The van der Waals surface area contributed by atoms with Crippen LogP contribution in [0.25, 0.3) is 0 Å². The van der Waals surface area contributed by atoms with Gasteiger partial charge in [0.25, 0.3) is 0 Å². The summed E-state index contributed by atoms with van der Waals surface area (Å²) in [4.78, 5) is 11.2. The number of piperidine rings is 1. The zero-order valence-electron chi connectivity index (χ0n) is 15.1. The van der Waals surface area contributed by atoms with E-state index in [4.69, 9.17) is 21.3 Å². The number of para-hydroxylation sites is 1. The molecule has 2 heterocycles. The average molecular weight is 373 g/mol. The first-order valence-corrected chi connectivity index (χ1v) is 9.48. The number of hydrogen-bond donors (Lipinski definition) is 1. The van der Waals surface area contributed by atoms with Gasteiger partial charge in [-0.25, -0.2) is 9.98 Å². The Kier molecular flexibility index (Phi) is 6.72. The van der Waals surface area contributed by atoms with Crippen LogP contribution in [-0.2, 0) is 6.54 Å². The van der Waals surface area contributed by atoms with Gasteiger partial charge in [-0.2, -0.15) is 0 Å². The highest BCUT2D eigenvalue weighted by Crippen LogP contribution is 2.19. The van der Waals surface area contributed by atoms with Crippen molar-refractivity contribution in [3.63, 3.8) is 0 Å². The number of rotatable bonds is 5. The van der Waals surface area contributed by atoms with Crippen molar-refractivity contribution in [1.29, 1.82) is 0 Å². The molecule has 1 saturated heterocycles. The second-order valence-corrected chi connectivity index (χ2v) is 6.66. The van der Waals surface area contributed by atoms with E-state index in [-0.39, 0.29) is 6.10 Å². The molecule has 3 rings (SSSR count). The Morgan fingerprint density at radius 2 is 2.00 bits per heavy atom. The lowest BCUT2D eigenvalue weighted by Crippen LogP contribution is -2.47. The van der Waals surface area contributed by atoms with Gasteiger partial charge < -0.3 is 15.0 Å². The fourth-order valence-corrected chi connectivity index (χ4v) is 3.08. The number of nitrogens with zero attached hydrogens (tertiary/aromatic N) is 3. The first kappa shape index (κ1) is 18.5. The third kappa shape index (κ3) is 5.36. The number of ether oxygens (including phenoxy) is 1. The van der Waals surface area contributed by atoms with Crippen LogP contribution in [0.5, 0.6) is 5.75 Å². The summed E-state index contributed by atoms with van der Waals surface area (Å²) in [5.41, 5.74) is 1.05. The number of nitrogens with one attached hydrogen (secondary N) is 1. The summed E-state index contributed by atoms with van der Waals surface area (Å²) in [6.45, 7) is 5.39. The van der Waals surface area contributed by atoms with Crippen LogP contribution in [0.1, 0.15) is 25.3 Å².